The Kier molecular flexibility index (Phi) is 7.20. The molecule has 0 N–H and O–H groups in total. The number of nitrogens with zero attached hydrogens (tertiary/aromatic N) is 2. The van der Waals surface area contributed by atoms with Crippen LogP contribution in [0.4, 0.5) is 0 Å². The van der Waals surface area contributed by atoms with Crippen LogP contribution in [0.5, 0.6) is 5.88 Å². The quantitative estimate of drug-likeness (QED) is 0.322. The molecular formula is C18H24N2O7S2. The molecule has 0 radical (unpaired) electrons. The van der Waals surface area contributed by atoms with E-state index in [1.807, 2.05) is 44.2 Å². The van der Waals surface area contributed by atoms with Gasteiger partial charge in [0.1, 0.15) is 13.2 Å². The van der Waals surface area contributed by atoms with E-state index in [4.69, 9.17) is 4.74 Å². The molecule has 0 unspecified atom stereocenters. The molecule has 0 fully saturated rings. The molecule has 1 aromatic heterocycles. The molecule has 0 spiro atoms. The van der Waals surface area contributed by atoms with Crippen molar-refractivity contribution >= 4 is 20.0 Å². The molecule has 0 bridgehead atoms. The first-order chi connectivity index (χ1) is 13.4. The standard InChI is InChI=1S/C18H24N2O7S2/c1-13(2)10-16-17(26-11-14-8-6-5-7-9-14)19-15(12-27-29(4,24)25)18(20(16)21)28(3,22)23/h5-9,13H,10-12H2,1-4H3. The molecule has 0 aliphatic rings. The van der Waals surface area contributed by atoms with E-state index >= 15 is 0 Å². The third-order valence-corrected chi connectivity index (χ3v) is 5.39. The molecule has 0 atom stereocenters. The number of benzene rings is 1. The number of sulfone groups is 1. The lowest BCUT2D eigenvalue weighted by molar-refractivity contribution is -0.656. The lowest BCUT2D eigenvalue weighted by atomic mass is 10.1. The van der Waals surface area contributed by atoms with E-state index in [9.17, 15) is 22.0 Å². The van der Waals surface area contributed by atoms with Gasteiger partial charge in [-0.3, -0.25) is 4.18 Å². The molecule has 2 rings (SSSR count). The van der Waals surface area contributed by atoms with Crippen LogP contribution in [0.15, 0.2) is 35.4 Å². The van der Waals surface area contributed by atoms with E-state index in [0.717, 1.165) is 18.1 Å². The van der Waals surface area contributed by atoms with Gasteiger partial charge in [0, 0.05) is 12.7 Å². The van der Waals surface area contributed by atoms with Crippen LogP contribution < -0.4 is 9.47 Å². The van der Waals surface area contributed by atoms with Crippen molar-refractivity contribution in [2.24, 2.45) is 5.92 Å². The molecule has 0 aliphatic carbocycles. The van der Waals surface area contributed by atoms with Crippen LogP contribution in [0.25, 0.3) is 0 Å². The highest BCUT2D eigenvalue weighted by Crippen LogP contribution is 2.23. The molecule has 9 nitrogen and oxygen atoms in total. The van der Waals surface area contributed by atoms with Crippen molar-refractivity contribution in [3.8, 4) is 5.88 Å². The van der Waals surface area contributed by atoms with Crippen molar-refractivity contribution in [2.75, 3.05) is 12.5 Å². The smallest absolute Gasteiger partial charge is 0.332 e. The zero-order valence-corrected chi connectivity index (χ0v) is 18.3. The monoisotopic (exact) mass is 444 g/mol. The molecule has 29 heavy (non-hydrogen) atoms. The summed E-state index contributed by atoms with van der Waals surface area (Å²) >= 11 is 0. The Morgan fingerprint density at radius 2 is 1.69 bits per heavy atom. The van der Waals surface area contributed by atoms with Crippen LogP contribution in [0.2, 0.25) is 0 Å². The third kappa shape index (κ3) is 6.65. The van der Waals surface area contributed by atoms with Gasteiger partial charge in [0.05, 0.1) is 6.26 Å². The minimum absolute atomic E-state index is 0.0154. The predicted octanol–water partition coefficient (Wildman–Crippen LogP) is 1.37. The SMILES string of the molecule is CC(C)Cc1c(OCc2ccccc2)nc(COS(C)(=O)=O)c(S(C)(=O)=O)[n+]1[O-]. The van der Waals surface area contributed by atoms with Gasteiger partial charge in [-0.2, -0.15) is 13.1 Å². The van der Waals surface area contributed by atoms with Crippen LogP contribution in [0.3, 0.4) is 0 Å². The van der Waals surface area contributed by atoms with Crippen molar-refractivity contribution in [2.45, 2.75) is 38.5 Å². The van der Waals surface area contributed by atoms with E-state index < -0.39 is 31.6 Å². The Bertz CT molecular complexity index is 1070. The van der Waals surface area contributed by atoms with E-state index in [-0.39, 0.29) is 40.9 Å². The molecule has 0 amide bonds. The van der Waals surface area contributed by atoms with Crippen LogP contribution in [0, 0.1) is 11.1 Å². The molecule has 1 aromatic carbocycles. The maximum absolute atomic E-state index is 12.9. The summed E-state index contributed by atoms with van der Waals surface area (Å²) in [4.78, 5) is 4.16. The lowest BCUT2D eigenvalue weighted by Gasteiger charge is -2.16. The van der Waals surface area contributed by atoms with Crippen LogP contribution in [0.1, 0.15) is 30.8 Å². The molecule has 2 aromatic rings. The molecule has 0 saturated heterocycles. The minimum Gasteiger partial charge on any atom is -0.617 e. The number of aromatic nitrogens is 2. The second-order valence-corrected chi connectivity index (χ2v) is 10.6. The van der Waals surface area contributed by atoms with Gasteiger partial charge >= 0.3 is 5.03 Å². The van der Waals surface area contributed by atoms with Gasteiger partial charge in [-0.05, 0) is 11.5 Å². The number of rotatable bonds is 9. The van der Waals surface area contributed by atoms with Gasteiger partial charge in [0.15, 0.2) is 5.69 Å². The zero-order valence-electron chi connectivity index (χ0n) is 16.7. The number of hydrogen-bond donors (Lipinski definition) is 0. The summed E-state index contributed by atoms with van der Waals surface area (Å²) in [6, 6.07) is 9.15. The van der Waals surface area contributed by atoms with Crippen molar-refractivity contribution < 1.29 is 30.5 Å². The van der Waals surface area contributed by atoms with Crippen molar-refractivity contribution in [1.82, 2.24) is 4.98 Å². The van der Waals surface area contributed by atoms with Gasteiger partial charge < -0.3 is 9.94 Å². The average Bonchev–Trinajstić information content (AvgIpc) is 2.59. The lowest BCUT2D eigenvalue weighted by Crippen LogP contribution is -2.41. The zero-order chi connectivity index (χ0) is 21.8. The molecule has 1 heterocycles. The van der Waals surface area contributed by atoms with E-state index in [1.54, 1.807) is 0 Å². The van der Waals surface area contributed by atoms with E-state index in [0.29, 0.717) is 0 Å². The number of ether oxygens (including phenoxy) is 1. The predicted molar refractivity (Wildman–Crippen MR) is 105 cm³/mol. The fraction of sp³-hybridized carbons (Fsp3) is 0.444. The Labute approximate surface area is 170 Å². The highest BCUT2D eigenvalue weighted by Gasteiger charge is 2.33. The fourth-order valence-corrected chi connectivity index (χ4v) is 3.85. The third-order valence-electron chi connectivity index (χ3n) is 3.74. The molecule has 0 saturated carbocycles. The van der Waals surface area contributed by atoms with Crippen molar-refractivity contribution in [3.63, 3.8) is 0 Å². The van der Waals surface area contributed by atoms with Crippen LogP contribution in [-0.4, -0.2) is 34.3 Å². The Morgan fingerprint density at radius 3 is 2.21 bits per heavy atom. The van der Waals surface area contributed by atoms with Gasteiger partial charge in [0.25, 0.3) is 21.7 Å². The topological polar surface area (TPSA) is 127 Å². The second-order valence-electron chi connectivity index (χ2n) is 7.02. The van der Waals surface area contributed by atoms with Crippen molar-refractivity contribution in [3.05, 3.63) is 52.5 Å². The average molecular weight is 445 g/mol. The molecule has 160 valence electrons. The Balaban J connectivity index is 2.57. The fourth-order valence-electron chi connectivity index (χ4n) is 2.58. The highest BCUT2D eigenvalue weighted by molar-refractivity contribution is 7.90. The first-order valence-electron chi connectivity index (χ1n) is 8.75. The minimum atomic E-state index is -4.02. The van der Waals surface area contributed by atoms with Gasteiger partial charge in [0.2, 0.25) is 9.84 Å². The summed E-state index contributed by atoms with van der Waals surface area (Å²) in [5, 5.41) is 12.3. The highest BCUT2D eigenvalue weighted by atomic mass is 32.2. The van der Waals surface area contributed by atoms with Crippen molar-refractivity contribution in [1.29, 1.82) is 0 Å². The maximum atomic E-state index is 12.9. The van der Waals surface area contributed by atoms with Gasteiger partial charge in [-0.1, -0.05) is 44.2 Å². The Morgan fingerprint density at radius 1 is 1.07 bits per heavy atom. The summed E-state index contributed by atoms with van der Waals surface area (Å²) in [7, 11) is -7.90. The normalized spacial score (nSPS) is 12.3. The first-order valence-corrected chi connectivity index (χ1v) is 12.5. The van der Waals surface area contributed by atoms with Gasteiger partial charge in [-0.25, -0.2) is 13.4 Å². The largest absolute Gasteiger partial charge is 0.617 e. The molecule has 0 aliphatic heterocycles. The van der Waals surface area contributed by atoms with Gasteiger partial charge in [-0.15, -0.1) is 0 Å². The first kappa shape index (κ1) is 23.0. The second kappa shape index (κ2) is 9.06. The Hall–Kier alpha value is -2.24. The van der Waals surface area contributed by atoms with E-state index in [2.05, 4.69) is 9.17 Å². The summed E-state index contributed by atoms with van der Waals surface area (Å²) < 4.78 is 57.8. The van der Waals surface area contributed by atoms with Crippen LogP contribution in [-0.2, 0) is 43.8 Å². The molecular weight excluding hydrogens is 420 g/mol. The summed E-state index contributed by atoms with van der Waals surface area (Å²) in [6.07, 6.45) is 1.89. The molecule has 11 heteroatoms. The summed E-state index contributed by atoms with van der Waals surface area (Å²) in [5.74, 6) is -0.0429. The van der Waals surface area contributed by atoms with Crippen LogP contribution >= 0.6 is 0 Å². The maximum Gasteiger partial charge on any atom is 0.332 e. The summed E-state index contributed by atoms with van der Waals surface area (Å²) in [6.45, 7) is 3.13. The summed E-state index contributed by atoms with van der Waals surface area (Å²) in [5.41, 5.74) is 0.548. The van der Waals surface area contributed by atoms with E-state index in [1.165, 1.54) is 0 Å². The number of hydrogen-bond acceptors (Lipinski definition) is 8.